The molecule has 0 unspecified atom stereocenters. The Morgan fingerprint density at radius 3 is 2.60 bits per heavy atom. The highest BCUT2D eigenvalue weighted by atomic mass is 35.5. The third-order valence-electron chi connectivity index (χ3n) is 3.61. The molecule has 1 aromatic carbocycles. The van der Waals surface area contributed by atoms with Crippen LogP contribution in [0.15, 0.2) is 24.3 Å². The SMILES string of the molecule is CC(C)c1nc(-c2ccc(Cl)cc2)nc2c1CNCC2. The van der Waals surface area contributed by atoms with Crippen LogP contribution in [0.1, 0.15) is 36.7 Å². The second-order valence-corrected chi connectivity index (χ2v) is 5.88. The molecule has 104 valence electrons. The first-order valence-corrected chi connectivity index (χ1v) is 7.39. The molecule has 0 aliphatic carbocycles. The summed E-state index contributed by atoms with van der Waals surface area (Å²) in [6.07, 6.45) is 0.970. The Morgan fingerprint density at radius 1 is 1.15 bits per heavy atom. The predicted molar refractivity (Wildman–Crippen MR) is 82.0 cm³/mol. The summed E-state index contributed by atoms with van der Waals surface area (Å²) in [5.41, 5.74) is 4.65. The molecular formula is C16H18ClN3. The fourth-order valence-electron chi connectivity index (χ4n) is 2.57. The molecule has 0 amide bonds. The minimum atomic E-state index is 0.401. The van der Waals surface area contributed by atoms with E-state index in [-0.39, 0.29) is 0 Å². The lowest BCUT2D eigenvalue weighted by Gasteiger charge is -2.21. The van der Waals surface area contributed by atoms with Crippen LogP contribution < -0.4 is 5.32 Å². The molecule has 0 fully saturated rings. The van der Waals surface area contributed by atoms with Gasteiger partial charge in [0.2, 0.25) is 0 Å². The van der Waals surface area contributed by atoms with Gasteiger partial charge in [-0.1, -0.05) is 25.4 Å². The van der Waals surface area contributed by atoms with Crippen molar-refractivity contribution in [2.45, 2.75) is 32.7 Å². The summed E-state index contributed by atoms with van der Waals surface area (Å²) in [6.45, 7) is 6.23. The van der Waals surface area contributed by atoms with Crippen LogP contribution in [0.2, 0.25) is 5.02 Å². The molecule has 1 aliphatic rings. The van der Waals surface area contributed by atoms with Crippen LogP contribution in [0, 0.1) is 0 Å². The van der Waals surface area contributed by atoms with Crippen molar-refractivity contribution in [3.05, 3.63) is 46.2 Å². The second kappa shape index (κ2) is 5.51. The monoisotopic (exact) mass is 287 g/mol. The summed E-state index contributed by atoms with van der Waals surface area (Å²) < 4.78 is 0. The maximum atomic E-state index is 5.95. The van der Waals surface area contributed by atoms with Crippen molar-refractivity contribution in [3.8, 4) is 11.4 Å². The van der Waals surface area contributed by atoms with Gasteiger partial charge in [-0.2, -0.15) is 0 Å². The van der Waals surface area contributed by atoms with Gasteiger partial charge in [-0.3, -0.25) is 0 Å². The van der Waals surface area contributed by atoms with Crippen LogP contribution in [-0.2, 0) is 13.0 Å². The molecule has 0 saturated heterocycles. The van der Waals surface area contributed by atoms with E-state index in [0.29, 0.717) is 5.92 Å². The lowest BCUT2D eigenvalue weighted by molar-refractivity contribution is 0.609. The largest absolute Gasteiger partial charge is 0.312 e. The molecule has 20 heavy (non-hydrogen) atoms. The molecule has 0 atom stereocenters. The van der Waals surface area contributed by atoms with E-state index in [0.717, 1.165) is 41.6 Å². The first kappa shape index (κ1) is 13.5. The van der Waals surface area contributed by atoms with E-state index >= 15 is 0 Å². The zero-order valence-electron chi connectivity index (χ0n) is 11.8. The number of benzene rings is 1. The minimum Gasteiger partial charge on any atom is -0.312 e. The first-order chi connectivity index (χ1) is 9.65. The van der Waals surface area contributed by atoms with E-state index in [9.17, 15) is 0 Å². The lowest BCUT2D eigenvalue weighted by atomic mass is 9.98. The van der Waals surface area contributed by atoms with Crippen LogP contribution in [0.3, 0.4) is 0 Å². The van der Waals surface area contributed by atoms with E-state index in [1.165, 1.54) is 11.3 Å². The van der Waals surface area contributed by atoms with Gasteiger partial charge in [0, 0.05) is 35.7 Å². The second-order valence-electron chi connectivity index (χ2n) is 5.45. The van der Waals surface area contributed by atoms with Crippen LogP contribution in [-0.4, -0.2) is 16.5 Å². The Kier molecular flexibility index (Phi) is 3.72. The molecule has 0 bridgehead atoms. The minimum absolute atomic E-state index is 0.401. The van der Waals surface area contributed by atoms with Crippen molar-refractivity contribution < 1.29 is 0 Å². The van der Waals surface area contributed by atoms with Gasteiger partial charge in [0.1, 0.15) is 0 Å². The van der Waals surface area contributed by atoms with Gasteiger partial charge in [0.15, 0.2) is 5.82 Å². The van der Waals surface area contributed by atoms with Crippen molar-refractivity contribution in [3.63, 3.8) is 0 Å². The van der Waals surface area contributed by atoms with Crippen molar-refractivity contribution in [1.29, 1.82) is 0 Å². The zero-order chi connectivity index (χ0) is 14.1. The molecule has 0 radical (unpaired) electrons. The molecule has 1 aliphatic heterocycles. The number of rotatable bonds is 2. The Bertz CT molecular complexity index is 620. The van der Waals surface area contributed by atoms with Crippen LogP contribution >= 0.6 is 11.6 Å². The Labute approximate surface area is 124 Å². The quantitative estimate of drug-likeness (QED) is 0.918. The lowest BCUT2D eigenvalue weighted by Crippen LogP contribution is -2.27. The average Bonchev–Trinajstić information content (AvgIpc) is 2.46. The number of aromatic nitrogens is 2. The topological polar surface area (TPSA) is 37.8 Å². The molecule has 2 aromatic rings. The summed E-state index contributed by atoms with van der Waals surface area (Å²) in [4.78, 5) is 9.55. The third-order valence-corrected chi connectivity index (χ3v) is 3.87. The van der Waals surface area contributed by atoms with Gasteiger partial charge < -0.3 is 5.32 Å². The maximum absolute atomic E-state index is 5.95. The van der Waals surface area contributed by atoms with Crippen molar-refractivity contribution in [2.24, 2.45) is 0 Å². The molecule has 1 aromatic heterocycles. The van der Waals surface area contributed by atoms with Gasteiger partial charge in [-0.15, -0.1) is 0 Å². The van der Waals surface area contributed by atoms with Crippen molar-refractivity contribution >= 4 is 11.6 Å². The zero-order valence-corrected chi connectivity index (χ0v) is 12.5. The summed E-state index contributed by atoms with van der Waals surface area (Å²) in [7, 11) is 0. The van der Waals surface area contributed by atoms with E-state index < -0.39 is 0 Å². The normalized spacial score (nSPS) is 14.4. The standard InChI is InChI=1S/C16H18ClN3/c1-10(2)15-13-9-18-8-7-14(13)19-16(20-15)11-3-5-12(17)6-4-11/h3-6,10,18H,7-9H2,1-2H3. The highest BCUT2D eigenvalue weighted by Gasteiger charge is 2.19. The molecule has 2 heterocycles. The summed E-state index contributed by atoms with van der Waals surface area (Å²) in [6, 6.07) is 7.73. The Balaban J connectivity index is 2.12. The van der Waals surface area contributed by atoms with Gasteiger partial charge >= 0.3 is 0 Å². The highest BCUT2D eigenvalue weighted by molar-refractivity contribution is 6.30. The van der Waals surface area contributed by atoms with Crippen molar-refractivity contribution in [2.75, 3.05) is 6.54 Å². The molecule has 1 N–H and O–H groups in total. The molecular weight excluding hydrogens is 270 g/mol. The fraction of sp³-hybridized carbons (Fsp3) is 0.375. The van der Waals surface area contributed by atoms with E-state index in [2.05, 4.69) is 19.2 Å². The molecule has 3 nitrogen and oxygen atoms in total. The number of nitrogens with zero attached hydrogens (tertiary/aromatic N) is 2. The van der Waals surface area contributed by atoms with E-state index in [4.69, 9.17) is 21.6 Å². The molecule has 0 saturated carbocycles. The Morgan fingerprint density at radius 2 is 1.90 bits per heavy atom. The summed E-state index contributed by atoms with van der Waals surface area (Å²) >= 11 is 5.95. The Hall–Kier alpha value is -1.45. The third kappa shape index (κ3) is 2.56. The van der Waals surface area contributed by atoms with Gasteiger partial charge in [0.05, 0.1) is 11.4 Å². The summed E-state index contributed by atoms with van der Waals surface area (Å²) in [5.74, 6) is 1.21. The summed E-state index contributed by atoms with van der Waals surface area (Å²) in [5, 5.41) is 4.14. The maximum Gasteiger partial charge on any atom is 0.159 e. The number of hydrogen-bond donors (Lipinski definition) is 1. The van der Waals surface area contributed by atoms with Crippen LogP contribution in [0.4, 0.5) is 0 Å². The first-order valence-electron chi connectivity index (χ1n) is 7.01. The molecule has 4 heteroatoms. The number of fused-ring (bicyclic) bond motifs is 1. The van der Waals surface area contributed by atoms with Gasteiger partial charge in [-0.05, 0) is 30.2 Å². The fourth-order valence-corrected chi connectivity index (χ4v) is 2.70. The number of hydrogen-bond acceptors (Lipinski definition) is 3. The number of halogens is 1. The van der Waals surface area contributed by atoms with E-state index in [1.54, 1.807) is 0 Å². The highest BCUT2D eigenvalue weighted by Crippen LogP contribution is 2.26. The molecule has 0 spiro atoms. The van der Waals surface area contributed by atoms with Crippen LogP contribution in [0.25, 0.3) is 11.4 Å². The molecule has 3 rings (SSSR count). The van der Waals surface area contributed by atoms with Crippen molar-refractivity contribution in [1.82, 2.24) is 15.3 Å². The average molecular weight is 288 g/mol. The van der Waals surface area contributed by atoms with E-state index in [1.807, 2.05) is 24.3 Å². The van der Waals surface area contributed by atoms with Crippen LogP contribution in [0.5, 0.6) is 0 Å². The van der Waals surface area contributed by atoms with Gasteiger partial charge in [0.25, 0.3) is 0 Å². The predicted octanol–water partition coefficient (Wildman–Crippen LogP) is 3.57. The van der Waals surface area contributed by atoms with Gasteiger partial charge in [-0.25, -0.2) is 9.97 Å². The number of nitrogens with one attached hydrogen (secondary N) is 1. The smallest absolute Gasteiger partial charge is 0.159 e.